The van der Waals surface area contributed by atoms with E-state index in [1.165, 1.54) is 6.20 Å². The maximum Gasteiger partial charge on any atom is 0.224 e. The number of aldehydes is 1. The van der Waals surface area contributed by atoms with Crippen molar-refractivity contribution in [3.05, 3.63) is 17.0 Å². The SMILES string of the molecule is O=Cc1cnc(Cl)nc1NO. The third-order valence-corrected chi connectivity index (χ3v) is 1.20. The molecule has 0 spiro atoms. The Morgan fingerprint density at radius 3 is 3.00 bits per heavy atom. The van der Waals surface area contributed by atoms with Gasteiger partial charge in [-0.2, -0.15) is 4.98 Å². The molecule has 0 atom stereocenters. The van der Waals surface area contributed by atoms with E-state index >= 15 is 0 Å². The predicted molar refractivity (Wildman–Crippen MR) is 37.8 cm³/mol. The Morgan fingerprint density at radius 2 is 2.45 bits per heavy atom. The van der Waals surface area contributed by atoms with Crippen molar-refractivity contribution in [3.63, 3.8) is 0 Å². The van der Waals surface area contributed by atoms with Crippen molar-refractivity contribution in [3.8, 4) is 0 Å². The second kappa shape index (κ2) is 3.27. The molecule has 0 amide bonds. The van der Waals surface area contributed by atoms with Crippen molar-refractivity contribution < 1.29 is 10.0 Å². The Hall–Kier alpha value is -1.20. The van der Waals surface area contributed by atoms with Crippen LogP contribution in [0, 0.1) is 0 Å². The van der Waals surface area contributed by atoms with Crippen molar-refractivity contribution in [1.29, 1.82) is 0 Å². The van der Waals surface area contributed by atoms with E-state index in [1.54, 1.807) is 5.48 Å². The van der Waals surface area contributed by atoms with E-state index in [9.17, 15) is 4.79 Å². The molecule has 1 aromatic rings. The first-order chi connectivity index (χ1) is 5.27. The van der Waals surface area contributed by atoms with Crippen LogP contribution in [-0.2, 0) is 0 Å². The van der Waals surface area contributed by atoms with Gasteiger partial charge in [-0.05, 0) is 11.6 Å². The van der Waals surface area contributed by atoms with Crippen LogP contribution >= 0.6 is 11.6 Å². The van der Waals surface area contributed by atoms with Crippen LogP contribution in [0.15, 0.2) is 6.20 Å². The molecule has 1 rings (SSSR count). The van der Waals surface area contributed by atoms with Gasteiger partial charge in [-0.25, -0.2) is 4.98 Å². The summed E-state index contributed by atoms with van der Waals surface area (Å²) in [5.74, 6) is 0.000000000000000444. The zero-order valence-corrected chi connectivity index (χ0v) is 6.04. The molecular formula is C5H4ClN3O2. The molecule has 0 aliphatic rings. The predicted octanol–water partition coefficient (Wildman–Crippen LogP) is 0.744. The van der Waals surface area contributed by atoms with Gasteiger partial charge >= 0.3 is 0 Å². The summed E-state index contributed by atoms with van der Waals surface area (Å²) in [7, 11) is 0. The topological polar surface area (TPSA) is 75.1 Å². The zero-order valence-electron chi connectivity index (χ0n) is 5.28. The molecule has 0 saturated heterocycles. The minimum Gasteiger partial charge on any atom is -0.298 e. The molecule has 0 radical (unpaired) electrons. The van der Waals surface area contributed by atoms with Crippen LogP contribution in [0.1, 0.15) is 10.4 Å². The highest BCUT2D eigenvalue weighted by Gasteiger charge is 2.02. The number of carbonyl (C=O) groups excluding carboxylic acids is 1. The summed E-state index contributed by atoms with van der Waals surface area (Å²) in [4.78, 5) is 17.3. The van der Waals surface area contributed by atoms with Gasteiger partial charge in [-0.3, -0.25) is 15.5 Å². The molecule has 2 N–H and O–H groups in total. The van der Waals surface area contributed by atoms with Gasteiger partial charge in [-0.15, -0.1) is 0 Å². The van der Waals surface area contributed by atoms with Crippen molar-refractivity contribution in [2.24, 2.45) is 0 Å². The first-order valence-electron chi connectivity index (χ1n) is 2.65. The van der Waals surface area contributed by atoms with Crippen LogP contribution < -0.4 is 5.48 Å². The standard InChI is InChI=1S/C5H4ClN3O2/c6-5-7-1-3(2-10)4(8-5)9-11/h1-2,11H,(H,7,8,9). The molecule has 6 heteroatoms. The average Bonchev–Trinajstić information content (AvgIpc) is 2.04. The van der Waals surface area contributed by atoms with Gasteiger partial charge in [0, 0.05) is 6.20 Å². The first-order valence-corrected chi connectivity index (χ1v) is 3.03. The number of nitrogens with zero attached hydrogens (tertiary/aromatic N) is 2. The molecular weight excluding hydrogens is 170 g/mol. The summed E-state index contributed by atoms with van der Waals surface area (Å²) < 4.78 is 0. The van der Waals surface area contributed by atoms with Gasteiger partial charge in [0.2, 0.25) is 5.28 Å². The van der Waals surface area contributed by atoms with E-state index < -0.39 is 0 Å². The molecule has 0 bridgehead atoms. The highest BCUT2D eigenvalue weighted by Crippen LogP contribution is 2.10. The number of nitrogens with one attached hydrogen (secondary N) is 1. The highest BCUT2D eigenvalue weighted by molar-refractivity contribution is 6.28. The van der Waals surface area contributed by atoms with Gasteiger partial charge in [0.25, 0.3) is 0 Å². The lowest BCUT2D eigenvalue weighted by Crippen LogP contribution is -1.99. The van der Waals surface area contributed by atoms with Crippen LogP contribution in [0.3, 0.4) is 0 Å². The second-order valence-electron chi connectivity index (χ2n) is 1.67. The van der Waals surface area contributed by atoms with E-state index in [0.717, 1.165) is 0 Å². The molecule has 0 fully saturated rings. The van der Waals surface area contributed by atoms with E-state index in [1.807, 2.05) is 0 Å². The minimum absolute atomic E-state index is 0.000000000000000444. The summed E-state index contributed by atoms with van der Waals surface area (Å²) in [6.07, 6.45) is 1.72. The number of aromatic nitrogens is 2. The number of rotatable bonds is 2. The fourth-order valence-electron chi connectivity index (χ4n) is 0.545. The van der Waals surface area contributed by atoms with Crippen LogP contribution in [0.5, 0.6) is 0 Å². The summed E-state index contributed by atoms with van der Waals surface area (Å²) in [5, 5.41) is 8.38. The summed E-state index contributed by atoms with van der Waals surface area (Å²) in [6, 6.07) is 0. The average molecular weight is 174 g/mol. The normalized spacial score (nSPS) is 9.27. The Kier molecular flexibility index (Phi) is 2.35. The second-order valence-corrected chi connectivity index (χ2v) is 2.01. The maximum atomic E-state index is 10.2. The van der Waals surface area contributed by atoms with Crippen molar-refractivity contribution in [1.82, 2.24) is 9.97 Å². The van der Waals surface area contributed by atoms with Crippen LogP contribution in [-0.4, -0.2) is 21.5 Å². The fraction of sp³-hybridized carbons (Fsp3) is 0. The maximum absolute atomic E-state index is 10.2. The quantitative estimate of drug-likeness (QED) is 0.392. The van der Waals surface area contributed by atoms with Gasteiger partial charge in [0.05, 0.1) is 5.56 Å². The lowest BCUT2D eigenvalue weighted by molar-refractivity contribution is 0.112. The third-order valence-electron chi connectivity index (χ3n) is 1.02. The highest BCUT2D eigenvalue weighted by atomic mass is 35.5. The Bertz CT molecular complexity index is 278. The largest absolute Gasteiger partial charge is 0.298 e. The third kappa shape index (κ3) is 1.63. The lowest BCUT2D eigenvalue weighted by Gasteiger charge is -1.99. The number of anilines is 1. The number of hydrogen-bond acceptors (Lipinski definition) is 5. The number of hydrogen-bond donors (Lipinski definition) is 2. The van der Waals surface area contributed by atoms with E-state index in [4.69, 9.17) is 16.8 Å². The van der Waals surface area contributed by atoms with Crippen LogP contribution in [0.25, 0.3) is 0 Å². The summed E-state index contributed by atoms with van der Waals surface area (Å²) in [6.45, 7) is 0. The summed E-state index contributed by atoms with van der Waals surface area (Å²) in [5.41, 5.74) is 1.87. The van der Waals surface area contributed by atoms with Gasteiger partial charge < -0.3 is 0 Å². The Morgan fingerprint density at radius 1 is 1.73 bits per heavy atom. The molecule has 11 heavy (non-hydrogen) atoms. The van der Waals surface area contributed by atoms with Crippen LogP contribution in [0.2, 0.25) is 5.28 Å². The number of halogens is 1. The monoisotopic (exact) mass is 173 g/mol. The van der Waals surface area contributed by atoms with E-state index in [0.29, 0.717) is 6.29 Å². The van der Waals surface area contributed by atoms with Gasteiger partial charge in [0.1, 0.15) is 0 Å². The van der Waals surface area contributed by atoms with E-state index in [-0.39, 0.29) is 16.7 Å². The van der Waals surface area contributed by atoms with Gasteiger partial charge in [0.15, 0.2) is 12.1 Å². The van der Waals surface area contributed by atoms with Crippen LogP contribution in [0.4, 0.5) is 5.82 Å². The fourth-order valence-corrected chi connectivity index (χ4v) is 0.679. The molecule has 0 unspecified atom stereocenters. The van der Waals surface area contributed by atoms with Crippen molar-refractivity contribution >= 4 is 23.7 Å². The first kappa shape index (κ1) is 7.90. The van der Waals surface area contributed by atoms with Gasteiger partial charge in [-0.1, -0.05) is 0 Å². The number of carbonyl (C=O) groups is 1. The molecule has 0 saturated carbocycles. The molecule has 0 aliphatic carbocycles. The zero-order chi connectivity index (χ0) is 8.27. The summed E-state index contributed by atoms with van der Waals surface area (Å²) >= 11 is 5.36. The minimum atomic E-state index is -0.0350. The molecule has 5 nitrogen and oxygen atoms in total. The Labute approximate surface area is 67.0 Å². The molecule has 1 aromatic heterocycles. The molecule has 0 aromatic carbocycles. The lowest BCUT2D eigenvalue weighted by atomic mass is 10.3. The Balaban J connectivity index is 3.16. The smallest absolute Gasteiger partial charge is 0.224 e. The van der Waals surface area contributed by atoms with Crippen molar-refractivity contribution in [2.45, 2.75) is 0 Å². The molecule has 1 heterocycles. The van der Waals surface area contributed by atoms with Crippen molar-refractivity contribution in [2.75, 3.05) is 5.48 Å². The van der Waals surface area contributed by atoms with E-state index in [2.05, 4.69) is 9.97 Å². The molecule has 0 aliphatic heterocycles. The molecule has 58 valence electrons.